The minimum Gasteiger partial charge on any atom is -0.497 e. The molecule has 0 amide bonds. The van der Waals surface area contributed by atoms with E-state index in [9.17, 15) is 0 Å². The first-order valence-corrected chi connectivity index (χ1v) is 4.51. The Labute approximate surface area is 78.3 Å². The summed E-state index contributed by atoms with van der Waals surface area (Å²) in [5, 5.41) is 0. The monoisotopic (exact) mass is 184 g/mol. The molecule has 0 fully saturated rings. The van der Waals surface area contributed by atoms with Crippen molar-refractivity contribution in [2.24, 2.45) is 0 Å². The first kappa shape index (κ1) is 9.40. The summed E-state index contributed by atoms with van der Waals surface area (Å²) in [6.45, 7) is 2.10. The Hall–Kier alpha value is -0.690. The highest BCUT2D eigenvalue weighted by atomic mass is 35.5. The van der Waals surface area contributed by atoms with E-state index < -0.39 is 0 Å². The third kappa shape index (κ3) is 2.15. The maximum absolute atomic E-state index is 5.74. The molecule has 0 saturated carbocycles. The van der Waals surface area contributed by atoms with E-state index in [1.807, 2.05) is 18.2 Å². The van der Waals surface area contributed by atoms with Crippen molar-refractivity contribution in [3.8, 4) is 5.75 Å². The molecule has 0 radical (unpaired) electrons. The average molecular weight is 185 g/mol. The van der Waals surface area contributed by atoms with Gasteiger partial charge in [0.15, 0.2) is 0 Å². The molecule has 0 aromatic heterocycles. The molecule has 1 unspecified atom stereocenters. The lowest BCUT2D eigenvalue weighted by molar-refractivity contribution is 0.414. The fraction of sp³-hybridized carbons (Fsp3) is 0.400. The van der Waals surface area contributed by atoms with Gasteiger partial charge in [-0.15, -0.1) is 11.6 Å². The molecule has 2 heteroatoms. The molecule has 1 nitrogen and oxygen atoms in total. The summed E-state index contributed by atoms with van der Waals surface area (Å²) in [7, 11) is 1.67. The van der Waals surface area contributed by atoms with E-state index in [0.29, 0.717) is 11.8 Å². The zero-order valence-corrected chi connectivity index (χ0v) is 8.14. The summed E-state index contributed by atoms with van der Waals surface area (Å²) in [5.41, 5.74) is 1.23. The first-order chi connectivity index (χ1) is 5.77. The van der Waals surface area contributed by atoms with Gasteiger partial charge in [0.25, 0.3) is 0 Å². The Kier molecular flexibility index (Phi) is 3.42. The highest BCUT2D eigenvalue weighted by Crippen LogP contribution is 2.20. The third-order valence-electron chi connectivity index (χ3n) is 1.89. The number of hydrogen-bond acceptors (Lipinski definition) is 1. The molecule has 0 aliphatic carbocycles. The van der Waals surface area contributed by atoms with E-state index in [2.05, 4.69) is 13.0 Å². The smallest absolute Gasteiger partial charge is 0.119 e. The summed E-state index contributed by atoms with van der Waals surface area (Å²) in [6, 6.07) is 8.00. The number of halogens is 1. The van der Waals surface area contributed by atoms with Crippen LogP contribution in [-0.2, 0) is 0 Å². The van der Waals surface area contributed by atoms with Gasteiger partial charge < -0.3 is 4.74 Å². The largest absolute Gasteiger partial charge is 0.497 e. The fourth-order valence-electron chi connectivity index (χ4n) is 1.04. The molecule has 0 bridgehead atoms. The van der Waals surface area contributed by atoms with Gasteiger partial charge in [0, 0.05) is 5.88 Å². The second kappa shape index (κ2) is 4.36. The maximum Gasteiger partial charge on any atom is 0.119 e. The van der Waals surface area contributed by atoms with E-state index in [4.69, 9.17) is 16.3 Å². The lowest BCUT2D eigenvalue weighted by Crippen LogP contribution is -1.94. The number of hydrogen-bond donors (Lipinski definition) is 0. The van der Waals surface area contributed by atoms with E-state index in [-0.39, 0.29) is 0 Å². The maximum atomic E-state index is 5.74. The van der Waals surface area contributed by atoms with Crippen LogP contribution in [-0.4, -0.2) is 13.0 Å². The Bertz CT molecular complexity index is 247. The second-order valence-corrected chi connectivity index (χ2v) is 3.14. The van der Waals surface area contributed by atoms with Gasteiger partial charge in [0.2, 0.25) is 0 Å². The lowest BCUT2D eigenvalue weighted by Gasteiger charge is -2.08. The molecular weight excluding hydrogens is 172 g/mol. The molecule has 0 spiro atoms. The zero-order chi connectivity index (χ0) is 8.97. The average Bonchev–Trinajstić information content (AvgIpc) is 2.17. The van der Waals surface area contributed by atoms with Crippen LogP contribution in [0.5, 0.6) is 5.75 Å². The van der Waals surface area contributed by atoms with Crippen LogP contribution in [0.1, 0.15) is 18.4 Å². The van der Waals surface area contributed by atoms with E-state index in [1.54, 1.807) is 7.11 Å². The quantitative estimate of drug-likeness (QED) is 0.657. The summed E-state index contributed by atoms with van der Waals surface area (Å²) >= 11 is 5.74. The van der Waals surface area contributed by atoms with Crippen molar-refractivity contribution in [1.29, 1.82) is 0 Å². The summed E-state index contributed by atoms with van der Waals surface area (Å²) < 4.78 is 5.11. The topological polar surface area (TPSA) is 9.23 Å². The van der Waals surface area contributed by atoms with E-state index in [1.165, 1.54) is 5.56 Å². The van der Waals surface area contributed by atoms with Crippen molar-refractivity contribution < 1.29 is 4.74 Å². The fourth-order valence-corrected chi connectivity index (χ4v) is 1.22. The summed E-state index contributed by atoms with van der Waals surface area (Å²) in [6.07, 6.45) is 0. The molecule has 0 aliphatic rings. The van der Waals surface area contributed by atoms with Crippen molar-refractivity contribution in [3.63, 3.8) is 0 Å². The number of methoxy groups -OCH3 is 1. The van der Waals surface area contributed by atoms with E-state index >= 15 is 0 Å². The van der Waals surface area contributed by atoms with Crippen LogP contribution in [0.2, 0.25) is 0 Å². The van der Waals surface area contributed by atoms with Gasteiger partial charge in [0.05, 0.1) is 7.11 Å². The zero-order valence-electron chi connectivity index (χ0n) is 7.38. The molecule has 66 valence electrons. The molecule has 12 heavy (non-hydrogen) atoms. The summed E-state index contributed by atoms with van der Waals surface area (Å²) in [5.74, 6) is 1.93. The highest BCUT2D eigenvalue weighted by Gasteiger charge is 2.03. The van der Waals surface area contributed by atoms with Crippen LogP contribution in [0, 0.1) is 0 Å². The Morgan fingerprint density at radius 3 is 2.83 bits per heavy atom. The van der Waals surface area contributed by atoms with Gasteiger partial charge in [-0.1, -0.05) is 19.1 Å². The minimum absolute atomic E-state index is 0.391. The van der Waals surface area contributed by atoms with Gasteiger partial charge in [-0.3, -0.25) is 0 Å². The van der Waals surface area contributed by atoms with Crippen LogP contribution in [0.15, 0.2) is 24.3 Å². The molecule has 0 heterocycles. The van der Waals surface area contributed by atoms with Gasteiger partial charge in [-0.25, -0.2) is 0 Å². The van der Waals surface area contributed by atoms with Gasteiger partial charge in [0.1, 0.15) is 5.75 Å². The highest BCUT2D eigenvalue weighted by molar-refractivity contribution is 6.18. The van der Waals surface area contributed by atoms with Crippen LogP contribution in [0.3, 0.4) is 0 Å². The predicted molar refractivity (Wildman–Crippen MR) is 52.1 cm³/mol. The number of alkyl halides is 1. The van der Waals surface area contributed by atoms with Gasteiger partial charge in [-0.2, -0.15) is 0 Å². The number of rotatable bonds is 3. The molecule has 0 aliphatic heterocycles. The van der Waals surface area contributed by atoms with Crippen molar-refractivity contribution >= 4 is 11.6 Å². The molecule has 0 N–H and O–H groups in total. The van der Waals surface area contributed by atoms with Gasteiger partial charge >= 0.3 is 0 Å². The van der Waals surface area contributed by atoms with Crippen LogP contribution in [0.4, 0.5) is 0 Å². The van der Waals surface area contributed by atoms with E-state index in [0.717, 1.165) is 5.75 Å². The molecule has 0 saturated heterocycles. The van der Waals surface area contributed by atoms with Crippen LogP contribution >= 0.6 is 11.6 Å². The van der Waals surface area contributed by atoms with Gasteiger partial charge in [-0.05, 0) is 23.6 Å². The molecule has 1 atom stereocenters. The SMILES string of the molecule is COc1cccc(C(C)CCl)c1. The lowest BCUT2D eigenvalue weighted by atomic mass is 10.0. The molecule has 1 rings (SSSR count). The molecule has 1 aromatic carbocycles. The normalized spacial score (nSPS) is 12.6. The first-order valence-electron chi connectivity index (χ1n) is 3.98. The standard InChI is InChI=1S/C10H13ClO/c1-8(7-11)9-4-3-5-10(6-9)12-2/h3-6,8H,7H2,1-2H3. The Morgan fingerprint density at radius 1 is 1.50 bits per heavy atom. The predicted octanol–water partition coefficient (Wildman–Crippen LogP) is 3.04. The number of benzene rings is 1. The minimum atomic E-state index is 0.391. The molecular formula is C10H13ClO. The second-order valence-electron chi connectivity index (χ2n) is 2.83. The Morgan fingerprint density at radius 2 is 2.25 bits per heavy atom. The van der Waals surface area contributed by atoms with Crippen molar-refractivity contribution in [1.82, 2.24) is 0 Å². The summed E-state index contributed by atoms with van der Waals surface area (Å²) in [4.78, 5) is 0. The van der Waals surface area contributed by atoms with Crippen LogP contribution in [0.25, 0.3) is 0 Å². The van der Waals surface area contributed by atoms with Crippen molar-refractivity contribution in [2.75, 3.05) is 13.0 Å². The number of ether oxygens (including phenoxy) is 1. The Balaban J connectivity index is 2.86. The third-order valence-corrected chi connectivity index (χ3v) is 2.36. The van der Waals surface area contributed by atoms with Crippen LogP contribution < -0.4 is 4.74 Å². The van der Waals surface area contributed by atoms with Crippen molar-refractivity contribution in [3.05, 3.63) is 29.8 Å². The molecule has 1 aromatic rings. The van der Waals surface area contributed by atoms with Crippen molar-refractivity contribution in [2.45, 2.75) is 12.8 Å².